The molecule has 2 aliphatic heterocycles. The second-order valence-electron chi connectivity index (χ2n) is 7.21. The zero-order valence-electron chi connectivity index (χ0n) is 13.5. The molecule has 6 heteroatoms. The number of carbonyl (C=O) groups excluding carboxylic acids is 1. The molecule has 1 N–H and O–H groups in total. The third-order valence-electron chi connectivity index (χ3n) is 5.51. The maximum absolute atomic E-state index is 12.7. The Kier molecular flexibility index (Phi) is 4.16. The van der Waals surface area contributed by atoms with E-state index in [0.717, 1.165) is 45.6 Å². The summed E-state index contributed by atoms with van der Waals surface area (Å²) in [5.41, 5.74) is 0.500. The predicted octanol–water partition coefficient (Wildman–Crippen LogP) is 1.32. The van der Waals surface area contributed by atoms with Crippen LogP contribution in [-0.4, -0.2) is 52.0 Å². The minimum Gasteiger partial charge on any atom is -0.337 e. The molecule has 2 saturated heterocycles. The first kappa shape index (κ1) is 14.9. The topological polar surface area (TPSA) is 63.1 Å². The van der Waals surface area contributed by atoms with Crippen molar-refractivity contribution in [1.82, 2.24) is 25.2 Å². The summed E-state index contributed by atoms with van der Waals surface area (Å²) in [6.07, 6.45) is 11.0. The predicted molar refractivity (Wildman–Crippen MR) is 86.9 cm³/mol. The molecule has 1 aliphatic carbocycles. The van der Waals surface area contributed by atoms with E-state index in [1.165, 1.54) is 12.8 Å². The molecule has 3 atom stereocenters. The van der Waals surface area contributed by atoms with Crippen LogP contribution in [0, 0.1) is 17.8 Å². The molecule has 0 spiro atoms. The van der Waals surface area contributed by atoms with Crippen molar-refractivity contribution in [2.45, 2.75) is 32.2 Å². The van der Waals surface area contributed by atoms with Crippen molar-refractivity contribution in [2.24, 2.45) is 17.8 Å². The van der Waals surface area contributed by atoms with Gasteiger partial charge >= 0.3 is 0 Å². The SMILES string of the molecule is O=C(c1cn(C[C@@H]2CCCNC2)nn1)N1C[C@H]2CC=CC[C@H]2C1. The number of aromatic nitrogens is 3. The lowest BCUT2D eigenvalue weighted by atomic mass is 9.86. The van der Waals surface area contributed by atoms with E-state index in [4.69, 9.17) is 0 Å². The minimum absolute atomic E-state index is 0.0485. The van der Waals surface area contributed by atoms with Gasteiger partial charge in [-0.1, -0.05) is 17.4 Å². The largest absolute Gasteiger partial charge is 0.337 e. The van der Waals surface area contributed by atoms with Crippen LogP contribution in [0.2, 0.25) is 0 Å². The number of carbonyl (C=O) groups is 1. The van der Waals surface area contributed by atoms with Gasteiger partial charge in [0.2, 0.25) is 0 Å². The molecule has 2 fully saturated rings. The Balaban J connectivity index is 1.37. The normalized spacial score (nSPS) is 30.4. The van der Waals surface area contributed by atoms with E-state index < -0.39 is 0 Å². The van der Waals surface area contributed by atoms with Crippen LogP contribution in [0.3, 0.4) is 0 Å². The molecule has 3 heterocycles. The first-order valence-corrected chi connectivity index (χ1v) is 8.84. The van der Waals surface area contributed by atoms with Gasteiger partial charge in [-0.2, -0.15) is 0 Å². The molecule has 23 heavy (non-hydrogen) atoms. The average molecular weight is 315 g/mol. The zero-order valence-corrected chi connectivity index (χ0v) is 13.5. The van der Waals surface area contributed by atoms with Crippen molar-refractivity contribution in [2.75, 3.05) is 26.2 Å². The van der Waals surface area contributed by atoms with Gasteiger partial charge in [0, 0.05) is 19.6 Å². The summed E-state index contributed by atoms with van der Waals surface area (Å²) in [7, 11) is 0. The van der Waals surface area contributed by atoms with Gasteiger partial charge in [0.05, 0.1) is 6.20 Å². The summed E-state index contributed by atoms with van der Waals surface area (Å²) in [4.78, 5) is 14.6. The molecule has 1 aromatic rings. The molecule has 3 aliphatic rings. The van der Waals surface area contributed by atoms with Crippen molar-refractivity contribution < 1.29 is 4.79 Å². The zero-order chi connectivity index (χ0) is 15.6. The first-order chi connectivity index (χ1) is 11.3. The fourth-order valence-electron chi connectivity index (χ4n) is 4.17. The fourth-order valence-corrected chi connectivity index (χ4v) is 4.17. The quantitative estimate of drug-likeness (QED) is 0.855. The van der Waals surface area contributed by atoms with Crippen LogP contribution in [0.25, 0.3) is 0 Å². The number of fused-ring (bicyclic) bond motifs is 1. The maximum atomic E-state index is 12.7. The number of hydrogen-bond donors (Lipinski definition) is 1. The van der Waals surface area contributed by atoms with Gasteiger partial charge in [-0.3, -0.25) is 9.48 Å². The first-order valence-electron chi connectivity index (χ1n) is 8.84. The Morgan fingerprint density at radius 1 is 1.26 bits per heavy atom. The number of piperidine rings is 1. The summed E-state index contributed by atoms with van der Waals surface area (Å²) >= 11 is 0. The summed E-state index contributed by atoms with van der Waals surface area (Å²) in [5.74, 6) is 1.90. The summed E-state index contributed by atoms with van der Waals surface area (Å²) in [6, 6.07) is 0. The highest BCUT2D eigenvalue weighted by Gasteiger charge is 2.36. The lowest BCUT2D eigenvalue weighted by Gasteiger charge is -2.22. The second-order valence-corrected chi connectivity index (χ2v) is 7.21. The molecule has 1 amide bonds. The van der Waals surface area contributed by atoms with Gasteiger partial charge in [-0.05, 0) is 56.5 Å². The van der Waals surface area contributed by atoms with Gasteiger partial charge in [-0.25, -0.2) is 0 Å². The van der Waals surface area contributed by atoms with Crippen LogP contribution in [0.5, 0.6) is 0 Å². The van der Waals surface area contributed by atoms with E-state index in [1.54, 1.807) is 0 Å². The number of hydrogen-bond acceptors (Lipinski definition) is 4. The van der Waals surface area contributed by atoms with E-state index >= 15 is 0 Å². The third kappa shape index (κ3) is 3.17. The molecule has 1 aromatic heterocycles. The molecule has 6 nitrogen and oxygen atoms in total. The number of nitrogens with one attached hydrogen (secondary N) is 1. The Labute approximate surface area is 136 Å². The number of likely N-dealkylation sites (tertiary alicyclic amines) is 1. The number of allylic oxidation sites excluding steroid dienone is 2. The smallest absolute Gasteiger partial charge is 0.276 e. The summed E-state index contributed by atoms with van der Waals surface area (Å²) < 4.78 is 1.84. The van der Waals surface area contributed by atoms with E-state index in [1.807, 2.05) is 15.8 Å². The van der Waals surface area contributed by atoms with Crippen LogP contribution in [0.1, 0.15) is 36.2 Å². The van der Waals surface area contributed by atoms with Gasteiger partial charge in [0.15, 0.2) is 5.69 Å². The molecule has 0 unspecified atom stereocenters. The molecule has 0 aromatic carbocycles. The number of nitrogens with zero attached hydrogens (tertiary/aromatic N) is 4. The van der Waals surface area contributed by atoms with Crippen molar-refractivity contribution in [1.29, 1.82) is 0 Å². The lowest BCUT2D eigenvalue weighted by molar-refractivity contribution is 0.0778. The molecule has 4 rings (SSSR count). The van der Waals surface area contributed by atoms with Crippen LogP contribution < -0.4 is 5.32 Å². The van der Waals surface area contributed by atoms with Crippen LogP contribution in [-0.2, 0) is 6.54 Å². The van der Waals surface area contributed by atoms with Gasteiger partial charge in [-0.15, -0.1) is 5.10 Å². The monoisotopic (exact) mass is 315 g/mol. The Morgan fingerprint density at radius 2 is 2.04 bits per heavy atom. The van der Waals surface area contributed by atoms with E-state index in [9.17, 15) is 4.79 Å². The summed E-state index contributed by atoms with van der Waals surface area (Å²) in [5, 5.41) is 11.7. The van der Waals surface area contributed by atoms with Crippen molar-refractivity contribution in [3.05, 3.63) is 24.0 Å². The van der Waals surface area contributed by atoms with Gasteiger partial charge < -0.3 is 10.2 Å². The van der Waals surface area contributed by atoms with Crippen LogP contribution in [0.4, 0.5) is 0 Å². The standard InChI is InChI=1S/C17H25N5O/c23-17(21-10-14-5-1-2-6-15(14)11-21)16-12-22(20-19-16)9-13-4-3-7-18-8-13/h1-2,12-15,18H,3-11H2/t13-,14-,15+/m1/s1. The van der Waals surface area contributed by atoms with Crippen molar-refractivity contribution in [3.8, 4) is 0 Å². The molecule has 0 saturated carbocycles. The molecule has 0 radical (unpaired) electrons. The molecular weight excluding hydrogens is 290 g/mol. The average Bonchev–Trinajstić information content (AvgIpc) is 3.21. The Bertz CT molecular complexity index is 574. The number of rotatable bonds is 3. The molecular formula is C17H25N5O. The maximum Gasteiger partial charge on any atom is 0.276 e. The highest BCUT2D eigenvalue weighted by molar-refractivity contribution is 5.92. The minimum atomic E-state index is 0.0485. The highest BCUT2D eigenvalue weighted by Crippen LogP contribution is 2.33. The Hall–Kier alpha value is -1.69. The fraction of sp³-hybridized carbons (Fsp3) is 0.706. The van der Waals surface area contributed by atoms with Gasteiger partial charge in [0.1, 0.15) is 0 Å². The van der Waals surface area contributed by atoms with Gasteiger partial charge in [0.25, 0.3) is 5.91 Å². The van der Waals surface area contributed by atoms with Crippen LogP contribution in [0.15, 0.2) is 18.3 Å². The van der Waals surface area contributed by atoms with E-state index in [2.05, 4.69) is 27.8 Å². The number of amides is 1. The highest BCUT2D eigenvalue weighted by atomic mass is 16.2. The lowest BCUT2D eigenvalue weighted by Crippen LogP contribution is -2.32. The van der Waals surface area contributed by atoms with E-state index in [-0.39, 0.29) is 5.91 Å². The summed E-state index contributed by atoms with van der Waals surface area (Å²) in [6.45, 7) is 4.73. The Morgan fingerprint density at radius 3 is 2.74 bits per heavy atom. The third-order valence-corrected chi connectivity index (χ3v) is 5.51. The molecule has 0 bridgehead atoms. The van der Waals surface area contributed by atoms with Crippen molar-refractivity contribution in [3.63, 3.8) is 0 Å². The van der Waals surface area contributed by atoms with Crippen molar-refractivity contribution >= 4 is 5.91 Å². The van der Waals surface area contributed by atoms with Crippen LogP contribution >= 0.6 is 0 Å². The van der Waals surface area contributed by atoms with E-state index in [0.29, 0.717) is 23.4 Å². The molecule has 124 valence electrons. The second kappa shape index (κ2) is 6.43.